The fourth-order valence-corrected chi connectivity index (χ4v) is 4.04. The fourth-order valence-electron chi connectivity index (χ4n) is 4.04. The number of para-hydroxylation sites is 1. The largest absolute Gasteiger partial charge is 0.416 e. The minimum absolute atomic E-state index is 0.0267. The molecule has 0 saturated carbocycles. The van der Waals surface area contributed by atoms with Crippen LogP contribution < -0.4 is 15.1 Å². The molecule has 0 bridgehead atoms. The number of anilines is 2. The van der Waals surface area contributed by atoms with E-state index in [4.69, 9.17) is 4.98 Å². The lowest BCUT2D eigenvalue weighted by atomic mass is 10.0. The second-order valence-electron chi connectivity index (χ2n) is 9.07. The van der Waals surface area contributed by atoms with Gasteiger partial charge in [0.15, 0.2) is 0 Å². The number of pyridine rings is 1. The highest BCUT2D eigenvalue weighted by molar-refractivity contribution is 6.07. The Morgan fingerprint density at radius 1 is 0.941 bits per heavy atom. The molecule has 2 aromatic carbocycles. The van der Waals surface area contributed by atoms with Crippen molar-refractivity contribution in [2.45, 2.75) is 33.0 Å². The number of rotatable bonds is 5. The Balaban J connectivity index is 1.55. The van der Waals surface area contributed by atoms with Gasteiger partial charge in [-0.3, -0.25) is 4.79 Å². The number of hydrogen-bond acceptors (Lipinski definition) is 4. The zero-order valence-corrected chi connectivity index (χ0v) is 19.6. The van der Waals surface area contributed by atoms with E-state index in [9.17, 15) is 18.0 Å². The van der Waals surface area contributed by atoms with Gasteiger partial charge in [0.25, 0.3) is 5.91 Å². The van der Waals surface area contributed by atoms with Gasteiger partial charge < -0.3 is 15.1 Å². The number of aromatic nitrogens is 1. The molecule has 1 fully saturated rings. The van der Waals surface area contributed by atoms with Crippen LogP contribution in [0.1, 0.15) is 36.7 Å². The summed E-state index contributed by atoms with van der Waals surface area (Å²) < 4.78 is 39.3. The summed E-state index contributed by atoms with van der Waals surface area (Å²) in [7, 11) is 0. The quantitative estimate of drug-likeness (QED) is 0.546. The summed E-state index contributed by atoms with van der Waals surface area (Å²) in [5, 5.41) is 3.87. The van der Waals surface area contributed by atoms with Crippen molar-refractivity contribution in [3.8, 4) is 0 Å². The summed E-state index contributed by atoms with van der Waals surface area (Å²) in [5.41, 5.74) is 1.23. The van der Waals surface area contributed by atoms with Crippen molar-refractivity contribution in [2.75, 3.05) is 36.0 Å². The number of carbonyl (C=O) groups excluding carboxylic acids is 1. The minimum atomic E-state index is -4.36. The van der Waals surface area contributed by atoms with Crippen LogP contribution in [0.4, 0.5) is 24.7 Å². The standard InChI is InChI=1S/C26H29F3N4O/c1-17(2)18(3)30-25(34)22-16-24(31-23-10-5-4-9-21(22)23)33-13-11-32(12-14-33)20-8-6-7-19(15-20)26(27,28)29/h4-10,15-18H,11-14H2,1-3H3,(H,30,34)/t18-/m1/s1. The maximum absolute atomic E-state index is 13.1. The van der Waals surface area contributed by atoms with Gasteiger partial charge in [-0.05, 0) is 43.2 Å². The first-order chi connectivity index (χ1) is 16.1. The van der Waals surface area contributed by atoms with E-state index in [2.05, 4.69) is 24.1 Å². The molecule has 34 heavy (non-hydrogen) atoms. The highest BCUT2D eigenvalue weighted by Crippen LogP contribution is 2.32. The van der Waals surface area contributed by atoms with Crippen LogP contribution in [-0.4, -0.2) is 43.1 Å². The number of piperazine rings is 1. The van der Waals surface area contributed by atoms with Gasteiger partial charge in [-0.2, -0.15) is 13.2 Å². The number of fused-ring (bicyclic) bond motifs is 1. The average molecular weight is 471 g/mol. The maximum atomic E-state index is 13.1. The molecule has 1 N–H and O–H groups in total. The van der Waals surface area contributed by atoms with Crippen molar-refractivity contribution >= 4 is 28.3 Å². The van der Waals surface area contributed by atoms with E-state index in [0.29, 0.717) is 49.2 Å². The lowest BCUT2D eigenvalue weighted by Crippen LogP contribution is -2.47. The monoisotopic (exact) mass is 470 g/mol. The predicted octanol–water partition coefficient (Wildman–Crippen LogP) is 5.35. The molecule has 0 unspecified atom stereocenters. The molecule has 1 aliphatic rings. The second-order valence-corrected chi connectivity index (χ2v) is 9.07. The SMILES string of the molecule is CC(C)[C@@H](C)NC(=O)c1cc(N2CCN(c3cccc(C(F)(F)F)c3)CC2)nc2ccccc12. The molecule has 0 spiro atoms. The van der Waals surface area contributed by atoms with Crippen LogP contribution in [0, 0.1) is 5.92 Å². The third-order valence-electron chi connectivity index (χ3n) is 6.45. The Hall–Kier alpha value is -3.29. The smallest absolute Gasteiger partial charge is 0.368 e. The molecule has 0 aliphatic carbocycles. The zero-order valence-electron chi connectivity index (χ0n) is 19.6. The molecule has 1 aliphatic heterocycles. The molecule has 1 atom stereocenters. The van der Waals surface area contributed by atoms with E-state index in [1.54, 1.807) is 6.07 Å². The molecule has 2 heterocycles. The third-order valence-corrected chi connectivity index (χ3v) is 6.45. The van der Waals surface area contributed by atoms with Gasteiger partial charge in [-0.25, -0.2) is 4.98 Å². The summed E-state index contributed by atoms with van der Waals surface area (Å²) in [4.78, 5) is 21.9. The Labute approximate surface area is 197 Å². The fraction of sp³-hybridized carbons (Fsp3) is 0.385. The van der Waals surface area contributed by atoms with E-state index in [1.807, 2.05) is 42.2 Å². The van der Waals surface area contributed by atoms with Crippen LogP contribution in [0.15, 0.2) is 54.6 Å². The van der Waals surface area contributed by atoms with E-state index < -0.39 is 11.7 Å². The van der Waals surface area contributed by atoms with E-state index in [1.165, 1.54) is 12.1 Å². The highest BCUT2D eigenvalue weighted by atomic mass is 19.4. The number of amides is 1. The van der Waals surface area contributed by atoms with Gasteiger partial charge in [-0.15, -0.1) is 0 Å². The number of carbonyl (C=O) groups is 1. The zero-order chi connectivity index (χ0) is 24.5. The average Bonchev–Trinajstić information content (AvgIpc) is 2.83. The van der Waals surface area contributed by atoms with Crippen LogP contribution >= 0.6 is 0 Å². The van der Waals surface area contributed by atoms with Crippen molar-refractivity contribution in [1.82, 2.24) is 10.3 Å². The molecule has 8 heteroatoms. The van der Waals surface area contributed by atoms with Gasteiger partial charge in [0.1, 0.15) is 5.82 Å². The van der Waals surface area contributed by atoms with E-state index in [0.717, 1.165) is 17.0 Å². The predicted molar refractivity (Wildman–Crippen MR) is 129 cm³/mol. The number of benzene rings is 2. The number of nitrogens with zero attached hydrogens (tertiary/aromatic N) is 3. The van der Waals surface area contributed by atoms with Gasteiger partial charge in [0.2, 0.25) is 0 Å². The maximum Gasteiger partial charge on any atom is 0.416 e. The molecule has 180 valence electrons. The molecule has 1 saturated heterocycles. The first kappa shape index (κ1) is 23.9. The molecular weight excluding hydrogens is 441 g/mol. The topological polar surface area (TPSA) is 48.5 Å². The van der Waals surface area contributed by atoms with Crippen LogP contribution in [0.5, 0.6) is 0 Å². The van der Waals surface area contributed by atoms with Gasteiger partial charge >= 0.3 is 6.18 Å². The van der Waals surface area contributed by atoms with Crippen LogP contribution in [0.2, 0.25) is 0 Å². The molecule has 3 aromatic rings. The van der Waals surface area contributed by atoms with Crippen LogP contribution in [0.25, 0.3) is 10.9 Å². The molecule has 1 amide bonds. The van der Waals surface area contributed by atoms with Crippen molar-refractivity contribution in [3.05, 3.63) is 65.7 Å². The van der Waals surface area contributed by atoms with Gasteiger partial charge in [0, 0.05) is 43.3 Å². The molecule has 1 aromatic heterocycles. The summed E-state index contributed by atoms with van der Waals surface area (Å²) in [5.74, 6) is 0.869. The minimum Gasteiger partial charge on any atom is -0.368 e. The first-order valence-electron chi connectivity index (χ1n) is 11.5. The lowest BCUT2D eigenvalue weighted by molar-refractivity contribution is -0.137. The molecule has 5 nitrogen and oxygen atoms in total. The summed E-state index contributed by atoms with van der Waals surface area (Å²) >= 11 is 0. The van der Waals surface area contributed by atoms with E-state index in [-0.39, 0.29) is 11.9 Å². The lowest BCUT2D eigenvalue weighted by Gasteiger charge is -2.37. The number of hydrogen-bond donors (Lipinski definition) is 1. The highest BCUT2D eigenvalue weighted by Gasteiger charge is 2.31. The van der Waals surface area contributed by atoms with Crippen LogP contribution in [-0.2, 0) is 6.18 Å². The second kappa shape index (κ2) is 9.52. The van der Waals surface area contributed by atoms with E-state index >= 15 is 0 Å². The molecular formula is C26H29F3N4O. The number of alkyl halides is 3. The first-order valence-corrected chi connectivity index (χ1v) is 11.5. The number of halogens is 3. The summed E-state index contributed by atoms with van der Waals surface area (Å²) in [6.07, 6.45) is -4.36. The van der Waals surface area contributed by atoms with Gasteiger partial charge in [0.05, 0.1) is 16.6 Å². The van der Waals surface area contributed by atoms with Crippen molar-refractivity contribution in [1.29, 1.82) is 0 Å². The Morgan fingerprint density at radius 2 is 1.62 bits per heavy atom. The number of nitrogens with one attached hydrogen (secondary N) is 1. The normalized spacial score (nSPS) is 15.6. The Morgan fingerprint density at radius 3 is 2.29 bits per heavy atom. The summed E-state index contributed by atoms with van der Waals surface area (Å²) in [6, 6.07) is 14.9. The summed E-state index contributed by atoms with van der Waals surface area (Å²) in [6.45, 7) is 8.40. The molecule has 0 radical (unpaired) electrons. The Kier molecular flexibility index (Phi) is 6.68. The van der Waals surface area contributed by atoms with Crippen molar-refractivity contribution in [3.63, 3.8) is 0 Å². The third kappa shape index (κ3) is 5.11. The molecule has 4 rings (SSSR count). The Bertz CT molecular complexity index is 1170. The van der Waals surface area contributed by atoms with Crippen molar-refractivity contribution < 1.29 is 18.0 Å². The van der Waals surface area contributed by atoms with Crippen molar-refractivity contribution in [2.24, 2.45) is 5.92 Å². The van der Waals surface area contributed by atoms with Gasteiger partial charge in [-0.1, -0.05) is 38.1 Å². The van der Waals surface area contributed by atoms with Crippen LogP contribution in [0.3, 0.4) is 0 Å².